The predicted octanol–water partition coefficient (Wildman–Crippen LogP) is 3.02. The summed E-state index contributed by atoms with van der Waals surface area (Å²) >= 11 is 0. The number of aromatic nitrogens is 2. The number of aryl methyl sites for hydroxylation is 2. The molecule has 3 heteroatoms. The molecule has 96 valence electrons. The third kappa shape index (κ3) is 2.46. The van der Waals surface area contributed by atoms with E-state index in [-0.39, 0.29) is 6.04 Å². The smallest absolute Gasteiger partial charge is 0.0652 e. The largest absolute Gasteiger partial charge is 0.324 e. The number of nitrogens with zero attached hydrogens (tertiary/aromatic N) is 2. The van der Waals surface area contributed by atoms with Gasteiger partial charge < -0.3 is 5.73 Å². The molecular weight excluding hydrogens is 222 g/mol. The number of hydrogen-bond acceptors (Lipinski definition) is 2. The average Bonchev–Trinajstić information content (AvgIpc) is 2.82. The Morgan fingerprint density at radius 1 is 1.22 bits per heavy atom. The Balaban J connectivity index is 2.47. The summed E-state index contributed by atoms with van der Waals surface area (Å²) in [6, 6.07) is 10.5. The first-order valence-electron chi connectivity index (χ1n) is 6.59. The molecule has 2 N–H and O–H groups in total. The van der Waals surface area contributed by atoms with Crippen molar-refractivity contribution in [1.82, 2.24) is 9.78 Å². The second-order valence-corrected chi connectivity index (χ2v) is 4.63. The van der Waals surface area contributed by atoms with E-state index in [4.69, 9.17) is 5.73 Å². The van der Waals surface area contributed by atoms with Crippen LogP contribution < -0.4 is 5.73 Å². The van der Waals surface area contributed by atoms with Crippen LogP contribution in [0.1, 0.15) is 43.8 Å². The van der Waals surface area contributed by atoms with Gasteiger partial charge in [0.25, 0.3) is 0 Å². The molecule has 0 aliphatic rings. The summed E-state index contributed by atoms with van der Waals surface area (Å²) in [6.07, 6.45) is 1.95. The van der Waals surface area contributed by atoms with E-state index in [0.29, 0.717) is 0 Å². The molecule has 3 nitrogen and oxygen atoms in total. The zero-order valence-electron chi connectivity index (χ0n) is 11.4. The molecule has 0 radical (unpaired) electrons. The summed E-state index contributed by atoms with van der Waals surface area (Å²) in [7, 11) is 0. The Kier molecular flexibility index (Phi) is 3.82. The van der Waals surface area contributed by atoms with Crippen molar-refractivity contribution < 1.29 is 0 Å². The lowest BCUT2D eigenvalue weighted by Gasteiger charge is -2.10. The highest BCUT2D eigenvalue weighted by Crippen LogP contribution is 2.18. The van der Waals surface area contributed by atoms with Crippen molar-refractivity contribution >= 4 is 0 Å². The Morgan fingerprint density at radius 3 is 2.61 bits per heavy atom. The van der Waals surface area contributed by atoms with Gasteiger partial charge in [0.2, 0.25) is 0 Å². The summed E-state index contributed by atoms with van der Waals surface area (Å²) < 4.78 is 2.03. The fourth-order valence-corrected chi connectivity index (χ4v) is 2.06. The van der Waals surface area contributed by atoms with Gasteiger partial charge in [-0.05, 0) is 43.5 Å². The van der Waals surface area contributed by atoms with Gasteiger partial charge in [0, 0.05) is 11.7 Å². The van der Waals surface area contributed by atoms with Gasteiger partial charge in [-0.25, -0.2) is 4.68 Å². The van der Waals surface area contributed by atoms with Crippen molar-refractivity contribution in [3.63, 3.8) is 0 Å². The Hall–Kier alpha value is -1.61. The monoisotopic (exact) mass is 243 g/mol. The molecule has 1 atom stereocenters. The van der Waals surface area contributed by atoms with Crippen molar-refractivity contribution in [1.29, 1.82) is 0 Å². The number of benzene rings is 1. The highest BCUT2D eigenvalue weighted by Gasteiger charge is 2.08. The normalized spacial score (nSPS) is 12.7. The first-order valence-corrected chi connectivity index (χ1v) is 6.59. The van der Waals surface area contributed by atoms with Crippen LogP contribution in [0.2, 0.25) is 0 Å². The first kappa shape index (κ1) is 12.8. The summed E-state index contributed by atoms with van der Waals surface area (Å²) in [5, 5.41) is 4.65. The first-order chi connectivity index (χ1) is 8.65. The lowest BCUT2D eigenvalue weighted by molar-refractivity contribution is 0.780. The van der Waals surface area contributed by atoms with E-state index in [0.717, 1.165) is 29.8 Å². The van der Waals surface area contributed by atoms with Crippen molar-refractivity contribution in [2.45, 2.75) is 39.7 Å². The van der Waals surface area contributed by atoms with Crippen LogP contribution in [0.4, 0.5) is 0 Å². The van der Waals surface area contributed by atoms with E-state index in [2.05, 4.69) is 43.2 Å². The van der Waals surface area contributed by atoms with E-state index in [1.165, 1.54) is 5.69 Å². The van der Waals surface area contributed by atoms with Crippen LogP contribution in [-0.4, -0.2) is 9.78 Å². The number of nitrogens with two attached hydrogens (primary N) is 1. The number of rotatable bonds is 4. The van der Waals surface area contributed by atoms with E-state index in [9.17, 15) is 0 Å². The summed E-state index contributed by atoms with van der Waals surface area (Å²) in [6.45, 7) is 6.28. The second-order valence-electron chi connectivity index (χ2n) is 4.63. The summed E-state index contributed by atoms with van der Waals surface area (Å²) in [4.78, 5) is 0. The molecule has 1 heterocycles. The average molecular weight is 243 g/mol. The third-order valence-corrected chi connectivity index (χ3v) is 3.20. The lowest BCUT2D eigenvalue weighted by atomic mass is 10.1. The molecule has 0 amide bonds. The summed E-state index contributed by atoms with van der Waals surface area (Å²) in [5.41, 5.74) is 10.6. The minimum atomic E-state index is 0.0521. The predicted molar refractivity (Wildman–Crippen MR) is 74.9 cm³/mol. The molecule has 0 bridgehead atoms. The van der Waals surface area contributed by atoms with E-state index < -0.39 is 0 Å². The van der Waals surface area contributed by atoms with Crippen LogP contribution in [-0.2, 0) is 12.8 Å². The molecule has 1 unspecified atom stereocenters. The Morgan fingerprint density at radius 2 is 2.00 bits per heavy atom. The van der Waals surface area contributed by atoms with E-state index >= 15 is 0 Å². The van der Waals surface area contributed by atoms with Gasteiger partial charge in [0.05, 0.1) is 11.4 Å². The van der Waals surface area contributed by atoms with Gasteiger partial charge in [-0.1, -0.05) is 26.0 Å². The van der Waals surface area contributed by atoms with Gasteiger partial charge in [-0.2, -0.15) is 5.10 Å². The maximum atomic E-state index is 5.93. The summed E-state index contributed by atoms with van der Waals surface area (Å²) in [5.74, 6) is 0. The molecule has 18 heavy (non-hydrogen) atoms. The highest BCUT2D eigenvalue weighted by atomic mass is 15.3. The van der Waals surface area contributed by atoms with Crippen molar-refractivity contribution in [3.05, 3.63) is 47.3 Å². The SMILES string of the molecule is CCc1cc(CC)n(-c2cccc(C(C)N)c2)n1. The van der Waals surface area contributed by atoms with Crippen molar-refractivity contribution in [2.75, 3.05) is 0 Å². The van der Waals surface area contributed by atoms with Crippen LogP contribution >= 0.6 is 0 Å². The molecule has 0 aliphatic carbocycles. The van der Waals surface area contributed by atoms with Gasteiger partial charge in [-0.3, -0.25) is 0 Å². The zero-order valence-corrected chi connectivity index (χ0v) is 11.4. The van der Waals surface area contributed by atoms with Crippen LogP contribution in [0.5, 0.6) is 0 Å². The van der Waals surface area contributed by atoms with E-state index in [1.807, 2.05) is 17.7 Å². The van der Waals surface area contributed by atoms with Gasteiger partial charge in [-0.15, -0.1) is 0 Å². The highest BCUT2D eigenvalue weighted by molar-refractivity contribution is 5.38. The Labute approximate surface area is 109 Å². The minimum Gasteiger partial charge on any atom is -0.324 e. The van der Waals surface area contributed by atoms with Crippen LogP contribution in [0, 0.1) is 0 Å². The zero-order chi connectivity index (χ0) is 13.1. The molecule has 1 aromatic heterocycles. The van der Waals surface area contributed by atoms with Crippen molar-refractivity contribution in [2.24, 2.45) is 5.73 Å². The molecule has 2 aromatic rings. The fraction of sp³-hybridized carbons (Fsp3) is 0.400. The van der Waals surface area contributed by atoms with Gasteiger partial charge in [0.1, 0.15) is 0 Å². The second kappa shape index (κ2) is 5.36. The molecule has 1 aromatic carbocycles. The molecule has 2 rings (SSSR count). The third-order valence-electron chi connectivity index (χ3n) is 3.20. The fourth-order valence-electron chi connectivity index (χ4n) is 2.06. The minimum absolute atomic E-state index is 0.0521. The maximum absolute atomic E-state index is 5.93. The van der Waals surface area contributed by atoms with Crippen LogP contribution in [0.15, 0.2) is 30.3 Å². The Bertz CT molecular complexity index is 526. The van der Waals surface area contributed by atoms with Crippen molar-refractivity contribution in [3.8, 4) is 5.69 Å². The molecule has 0 aliphatic heterocycles. The standard InChI is InChI=1S/C15H21N3/c1-4-13-10-14(5-2)18(17-13)15-8-6-7-12(9-15)11(3)16/h6-11H,4-5,16H2,1-3H3. The maximum Gasteiger partial charge on any atom is 0.0652 e. The van der Waals surface area contributed by atoms with Crippen LogP contribution in [0.25, 0.3) is 5.69 Å². The lowest BCUT2D eigenvalue weighted by Crippen LogP contribution is -2.07. The van der Waals surface area contributed by atoms with Gasteiger partial charge >= 0.3 is 0 Å². The van der Waals surface area contributed by atoms with E-state index in [1.54, 1.807) is 0 Å². The molecule has 0 saturated carbocycles. The topological polar surface area (TPSA) is 43.8 Å². The molecular formula is C15H21N3. The number of hydrogen-bond donors (Lipinski definition) is 1. The molecule has 0 spiro atoms. The molecule has 0 saturated heterocycles. The van der Waals surface area contributed by atoms with Gasteiger partial charge in [0.15, 0.2) is 0 Å². The quantitative estimate of drug-likeness (QED) is 0.897. The molecule has 0 fully saturated rings. The van der Waals surface area contributed by atoms with Crippen LogP contribution in [0.3, 0.4) is 0 Å².